The van der Waals surface area contributed by atoms with Gasteiger partial charge in [0.2, 0.25) is 0 Å². The molecule has 0 fully saturated rings. The Morgan fingerprint density at radius 2 is 2.18 bits per heavy atom. The Morgan fingerprint density at radius 3 is 2.64 bits per heavy atom. The highest BCUT2D eigenvalue weighted by molar-refractivity contribution is 14.1. The molecule has 0 saturated heterocycles. The van der Waals surface area contributed by atoms with Gasteiger partial charge in [-0.15, -0.1) is 0 Å². The van der Waals surface area contributed by atoms with E-state index in [0.717, 1.165) is 5.56 Å². The zero-order valence-corrected chi connectivity index (χ0v) is 10.6. The lowest BCUT2D eigenvalue weighted by Gasteiger charge is -2.02. The van der Waals surface area contributed by atoms with E-state index in [1.807, 2.05) is 12.1 Å². The summed E-state index contributed by atoms with van der Waals surface area (Å²) < 4.78 is 1.28. The molecule has 60 valence electrons. The molecule has 0 saturated carbocycles. The van der Waals surface area contributed by atoms with Crippen LogP contribution >= 0.6 is 22.6 Å². The van der Waals surface area contributed by atoms with Crippen LogP contribution in [0.5, 0.6) is 0 Å². The van der Waals surface area contributed by atoms with Crippen LogP contribution in [0.15, 0.2) is 18.2 Å². The van der Waals surface area contributed by atoms with Gasteiger partial charge in [0.25, 0.3) is 0 Å². The molecule has 0 aliphatic heterocycles. The van der Waals surface area contributed by atoms with E-state index in [-0.39, 0.29) is 6.61 Å². The van der Waals surface area contributed by atoms with E-state index in [9.17, 15) is 0 Å². The number of halogens is 1. The van der Waals surface area contributed by atoms with Gasteiger partial charge in [-0.1, -0.05) is 12.1 Å². The maximum Gasteiger partial charge on any atom is 0.0682 e. The summed E-state index contributed by atoms with van der Waals surface area (Å²) in [5.74, 6) is 0. The monoisotopic (exact) mass is 278 g/mol. The normalized spacial score (nSPS) is 10.4. The van der Waals surface area contributed by atoms with Crippen molar-refractivity contribution in [3.05, 3.63) is 32.9 Å². The van der Waals surface area contributed by atoms with Crippen LogP contribution < -0.4 is 0 Å². The molecule has 0 aliphatic rings. The van der Waals surface area contributed by atoms with Crippen molar-refractivity contribution in [3.8, 4) is 0 Å². The Kier molecular flexibility index (Phi) is 3.54. The summed E-state index contributed by atoms with van der Waals surface area (Å²) in [6.45, 7) is 0.150. The number of rotatable bonds is 2. The minimum Gasteiger partial charge on any atom is -0.392 e. The van der Waals surface area contributed by atoms with Crippen molar-refractivity contribution in [2.75, 3.05) is 0 Å². The summed E-state index contributed by atoms with van der Waals surface area (Å²) >= 11 is 2.32. The fourth-order valence-electron chi connectivity index (χ4n) is 0.976. The van der Waals surface area contributed by atoms with Crippen molar-refractivity contribution in [1.29, 1.82) is 0 Å². The van der Waals surface area contributed by atoms with Crippen molar-refractivity contribution in [2.45, 2.75) is 12.7 Å². The molecule has 1 aromatic rings. The van der Waals surface area contributed by atoms with E-state index in [4.69, 9.17) is 5.11 Å². The Balaban J connectivity index is 2.99. The Morgan fingerprint density at radius 1 is 1.45 bits per heavy atom. The first-order valence-electron chi connectivity index (χ1n) is 3.66. The summed E-state index contributed by atoms with van der Waals surface area (Å²) in [4.78, 5) is 0. The molecule has 1 aromatic carbocycles. The topological polar surface area (TPSA) is 20.2 Å². The molecule has 0 aromatic heterocycles. The van der Waals surface area contributed by atoms with Gasteiger partial charge in [0.1, 0.15) is 0 Å². The number of benzene rings is 1. The Hall–Kier alpha value is 0.127. The largest absolute Gasteiger partial charge is 0.392 e. The SMILES string of the molecule is OCc1ccc(C[SiH3])c(I)c1. The van der Waals surface area contributed by atoms with Gasteiger partial charge in [0, 0.05) is 13.8 Å². The van der Waals surface area contributed by atoms with Crippen molar-refractivity contribution >= 4 is 32.8 Å². The minimum atomic E-state index is 0.150. The maximum absolute atomic E-state index is 8.83. The second-order valence-corrected chi connectivity index (χ2v) is 4.31. The van der Waals surface area contributed by atoms with Gasteiger partial charge in [0.05, 0.1) is 6.61 Å². The first-order valence-corrected chi connectivity index (χ1v) is 6.15. The highest BCUT2D eigenvalue weighted by Gasteiger charge is 1.97. The molecule has 0 amide bonds. The predicted molar refractivity (Wildman–Crippen MR) is 58.7 cm³/mol. The van der Waals surface area contributed by atoms with E-state index in [1.54, 1.807) is 0 Å². The highest BCUT2D eigenvalue weighted by Crippen LogP contribution is 2.14. The second-order valence-electron chi connectivity index (χ2n) is 2.44. The molecule has 11 heavy (non-hydrogen) atoms. The van der Waals surface area contributed by atoms with Gasteiger partial charge in [-0.25, -0.2) is 0 Å². The molecule has 0 bridgehead atoms. The summed E-state index contributed by atoms with van der Waals surface area (Å²) in [6, 6.07) is 7.35. The van der Waals surface area contributed by atoms with Crippen LogP contribution in [0.25, 0.3) is 0 Å². The molecule has 3 heteroatoms. The van der Waals surface area contributed by atoms with Crippen LogP contribution in [-0.4, -0.2) is 15.3 Å². The van der Waals surface area contributed by atoms with E-state index < -0.39 is 0 Å². The summed E-state index contributed by atoms with van der Waals surface area (Å²) in [7, 11) is 1.21. The van der Waals surface area contributed by atoms with Crippen molar-refractivity contribution in [3.63, 3.8) is 0 Å². The number of aliphatic hydroxyl groups excluding tert-OH is 1. The van der Waals surface area contributed by atoms with Crippen LogP contribution in [0.3, 0.4) is 0 Å². The van der Waals surface area contributed by atoms with E-state index in [2.05, 4.69) is 28.7 Å². The Bertz CT molecular complexity index is 250. The summed E-state index contributed by atoms with van der Waals surface area (Å²) in [6.07, 6.45) is 0. The Labute approximate surface area is 83.4 Å². The molecule has 0 aliphatic carbocycles. The number of hydrogen-bond donors (Lipinski definition) is 1. The zero-order valence-electron chi connectivity index (χ0n) is 6.47. The first kappa shape index (κ1) is 9.22. The molecular formula is C8H11IOSi. The fourth-order valence-corrected chi connectivity index (χ4v) is 3.27. The van der Waals surface area contributed by atoms with E-state index >= 15 is 0 Å². The number of hydrogen-bond acceptors (Lipinski definition) is 1. The third-order valence-corrected chi connectivity index (χ3v) is 3.45. The predicted octanol–water partition coefficient (Wildman–Crippen LogP) is 0.649. The van der Waals surface area contributed by atoms with Crippen LogP contribution in [0.2, 0.25) is 0 Å². The van der Waals surface area contributed by atoms with Crippen molar-refractivity contribution < 1.29 is 5.11 Å². The van der Waals surface area contributed by atoms with Gasteiger partial charge >= 0.3 is 0 Å². The van der Waals surface area contributed by atoms with Crippen molar-refractivity contribution in [2.24, 2.45) is 0 Å². The van der Waals surface area contributed by atoms with Crippen LogP contribution in [-0.2, 0) is 12.7 Å². The third-order valence-electron chi connectivity index (χ3n) is 1.68. The molecule has 1 nitrogen and oxygen atoms in total. The molecule has 1 N–H and O–H groups in total. The standard InChI is InChI=1S/C8H11IOSi/c9-8-3-6(4-10)1-2-7(8)5-11/h1-3,10H,4-5H2,11H3. The lowest BCUT2D eigenvalue weighted by atomic mass is 10.2. The lowest BCUT2D eigenvalue weighted by molar-refractivity contribution is 0.281. The van der Waals surface area contributed by atoms with Gasteiger partial charge in [0.15, 0.2) is 0 Å². The van der Waals surface area contributed by atoms with Crippen LogP contribution in [0.4, 0.5) is 0 Å². The smallest absolute Gasteiger partial charge is 0.0682 e. The molecular weight excluding hydrogens is 267 g/mol. The van der Waals surface area contributed by atoms with Gasteiger partial charge in [-0.3, -0.25) is 0 Å². The minimum absolute atomic E-state index is 0.150. The molecule has 0 heterocycles. The quantitative estimate of drug-likeness (QED) is 0.622. The highest BCUT2D eigenvalue weighted by atomic mass is 127. The average molecular weight is 278 g/mol. The second kappa shape index (κ2) is 4.23. The van der Waals surface area contributed by atoms with Crippen molar-refractivity contribution in [1.82, 2.24) is 0 Å². The molecule has 0 unspecified atom stereocenters. The molecule has 0 radical (unpaired) electrons. The van der Waals surface area contributed by atoms with Gasteiger partial charge in [-0.2, -0.15) is 0 Å². The average Bonchev–Trinajstić information content (AvgIpc) is 2.04. The first-order chi connectivity index (χ1) is 5.27. The van der Waals surface area contributed by atoms with E-state index in [0.29, 0.717) is 0 Å². The summed E-state index contributed by atoms with van der Waals surface area (Å²) in [5, 5.41) is 8.83. The zero-order chi connectivity index (χ0) is 8.27. The lowest BCUT2D eigenvalue weighted by Crippen LogP contribution is -1.91. The maximum atomic E-state index is 8.83. The van der Waals surface area contributed by atoms with Crippen LogP contribution in [0, 0.1) is 3.57 Å². The van der Waals surface area contributed by atoms with Crippen LogP contribution in [0.1, 0.15) is 11.1 Å². The van der Waals surface area contributed by atoms with Gasteiger partial charge in [-0.05, 0) is 45.8 Å². The molecule has 0 atom stereocenters. The van der Waals surface area contributed by atoms with E-state index in [1.165, 1.54) is 25.4 Å². The third kappa shape index (κ3) is 2.28. The summed E-state index contributed by atoms with van der Waals surface area (Å²) in [5.41, 5.74) is 2.42. The molecule has 0 spiro atoms. The van der Waals surface area contributed by atoms with Gasteiger partial charge < -0.3 is 5.11 Å². The molecule has 1 rings (SSSR count). The number of aliphatic hydroxyl groups is 1. The fraction of sp³-hybridized carbons (Fsp3) is 0.250.